The summed E-state index contributed by atoms with van der Waals surface area (Å²) < 4.78 is 2.97. The fraction of sp³-hybridized carbons (Fsp3) is 0.143. The molecule has 1 aromatic carbocycles. The van der Waals surface area contributed by atoms with E-state index in [0.717, 1.165) is 32.5 Å². The molecule has 0 bridgehead atoms. The third kappa shape index (κ3) is 1.73. The molecule has 0 fully saturated rings. The Morgan fingerprint density at radius 1 is 1.11 bits per heavy atom. The maximum absolute atomic E-state index is 4.50. The van der Waals surface area contributed by atoms with Crippen molar-refractivity contribution in [2.45, 2.75) is 13.8 Å². The number of hydrogen-bond acceptors (Lipinski definition) is 2. The second-order valence-electron chi connectivity index (χ2n) is 4.31. The Morgan fingerprint density at radius 3 is 2.67 bits per heavy atom. The average molecular weight is 302 g/mol. The van der Waals surface area contributed by atoms with Crippen molar-refractivity contribution >= 4 is 26.7 Å². The van der Waals surface area contributed by atoms with E-state index in [9.17, 15) is 0 Å². The summed E-state index contributed by atoms with van der Waals surface area (Å²) in [5, 5.41) is 6.74. The fourth-order valence-corrected chi connectivity index (χ4v) is 2.66. The molecule has 18 heavy (non-hydrogen) atoms. The summed E-state index contributed by atoms with van der Waals surface area (Å²) in [6.07, 6.45) is 1.82. The van der Waals surface area contributed by atoms with Gasteiger partial charge in [-0.2, -0.15) is 5.10 Å². The van der Waals surface area contributed by atoms with Crippen LogP contribution in [-0.2, 0) is 0 Å². The summed E-state index contributed by atoms with van der Waals surface area (Å²) in [6.45, 7) is 4.03. The summed E-state index contributed by atoms with van der Waals surface area (Å²) in [4.78, 5) is 4.47. The molecule has 0 amide bonds. The van der Waals surface area contributed by atoms with Crippen LogP contribution in [-0.4, -0.2) is 14.8 Å². The molecule has 0 atom stereocenters. The third-order valence-corrected chi connectivity index (χ3v) is 3.63. The van der Waals surface area contributed by atoms with Crippen molar-refractivity contribution in [2.75, 3.05) is 0 Å². The van der Waals surface area contributed by atoms with E-state index in [1.54, 1.807) is 0 Å². The summed E-state index contributed by atoms with van der Waals surface area (Å²) in [5.74, 6) is 0.874. The summed E-state index contributed by atoms with van der Waals surface area (Å²) in [7, 11) is 0. The number of nitrogens with zero attached hydrogens (tertiary/aromatic N) is 3. The fourth-order valence-electron chi connectivity index (χ4n) is 2.17. The molecule has 0 spiro atoms. The first-order valence-electron chi connectivity index (χ1n) is 5.73. The molecule has 3 rings (SSSR count). The van der Waals surface area contributed by atoms with E-state index in [1.165, 1.54) is 0 Å². The van der Waals surface area contributed by atoms with Crippen molar-refractivity contribution in [3.63, 3.8) is 0 Å². The van der Waals surface area contributed by atoms with Gasteiger partial charge in [0, 0.05) is 27.1 Å². The van der Waals surface area contributed by atoms with Crippen molar-refractivity contribution in [2.24, 2.45) is 0 Å². The van der Waals surface area contributed by atoms with E-state index in [4.69, 9.17) is 0 Å². The van der Waals surface area contributed by atoms with Gasteiger partial charge in [-0.25, -0.2) is 9.67 Å². The number of benzene rings is 1. The van der Waals surface area contributed by atoms with Gasteiger partial charge in [0.15, 0.2) is 5.82 Å². The molecule has 4 heteroatoms. The highest BCUT2D eigenvalue weighted by molar-refractivity contribution is 9.10. The minimum Gasteiger partial charge on any atom is -0.237 e. The molecule has 0 aliphatic rings. The first-order chi connectivity index (χ1) is 8.66. The van der Waals surface area contributed by atoms with Crippen LogP contribution in [0.2, 0.25) is 0 Å². The number of pyridine rings is 1. The van der Waals surface area contributed by atoms with E-state index < -0.39 is 0 Å². The van der Waals surface area contributed by atoms with Gasteiger partial charge in [-0.05, 0) is 32.0 Å². The molecule has 0 unspecified atom stereocenters. The van der Waals surface area contributed by atoms with Crippen LogP contribution >= 0.6 is 15.9 Å². The van der Waals surface area contributed by atoms with Crippen molar-refractivity contribution in [1.29, 1.82) is 0 Å². The van der Waals surface area contributed by atoms with Crippen molar-refractivity contribution in [3.8, 4) is 5.82 Å². The second-order valence-corrected chi connectivity index (χ2v) is 5.16. The van der Waals surface area contributed by atoms with Crippen LogP contribution in [0.4, 0.5) is 0 Å². The number of aryl methyl sites for hydroxylation is 2. The largest absolute Gasteiger partial charge is 0.237 e. The van der Waals surface area contributed by atoms with Gasteiger partial charge >= 0.3 is 0 Å². The third-order valence-electron chi connectivity index (χ3n) is 2.94. The summed E-state index contributed by atoms with van der Waals surface area (Å²) in [5.41, 5.74) is 2.09. The predicted octanol–water partition coefficient (Wildman–Crippen LogP) is 3.80. The molecule has 90 valence electrons. The average Bonchev–Trinajstić information content (AvgIpc) is 2.68. The van der Waals surface area contributed by atoms with E-state index in [-0.39, 0.29) is 0 Å². The summed E-state index contributed by atoms with van der Waals surface area (Å²) >= 11 is 3.57. The molecule has 2 heterocycles. The zero-order valence-electron chi connectivity index (χ0n) is 10.2. The van der Waals surface area contributed by atoms with Gasteiger partial charge in [-0.3, -0.25) is 0 Å². The van der Waals surface area contributed by atoms with E-state index >= 15 is 0 Å². The van der Waals surface area contributed by atoms with Gasteiger partial charge in [-0.15, -0.1) is 0 Å². The molecule has 0 saturated carbocycles. The molecular formula is C14H12BrN3. The lowest BCUT2D eigenvalue weighted by atomic mass is 10.1. The molecule has 0 saturated heterocycles. The van der Waals surface area contributed by atoms with E-state index in [1.807, 2.05) is 42.9 Å². The molecular weight excluding hydrogens is 290 g/mol. The Morgan fingerprint density at radius 2 is 1.94 bits per heavy atom. The van der Waals surface area contributed by atoms with Crippen LogP contribution in [0, 0.1) is 13.8 Å². The second kappa shape index (κ2) is 4.21. The highest BCUT2D eigenvalue weighted by atomic mass is 79.9. The quantitative estimate of drug-likeness (QED) is 0.684. The lowest BCUT2D eigenvalue weighted by molar-refractivity contribution is 0.814. The lowest BCUT2D eigenvalue weighted by Crippen LogP contribution is -2.02. The molecule has 0 aliphatic carbocycles. The maximum Gasteiger partial charge on any atom is 0.161 e. The normalized spacial score (nSPS) is 11.1. The minimum absolute atomic E-state index is 0.874. The van der Waals surface area contributed by atoms with Crippen molar-refractivity contribution in [3.05, 3.63) is 52.4 Å². The van der Waals surface area contributed by atoms with Gasteiger partial charge < -0.3 is 0 Å². The SMILES string of the molecule is Cc1cc(C)n(-c2nccc3c(Br)cccc23)n1. The van der Waals surface area contributed by atoms with Gasteiger partial charge in [0.1, 0.15) is 0 Å². The Bertz CT molecular complexity index is 731. The zero-order chi connectivity index (χ0) is 12.7. The monoisotopic (exact) mass is 301 g/mol. The minimum atomic E-state index is 0.874. The van der Waals surface area contributed by atoms with Crippen LogP contribution in [0.15, 0.2) is 41.0 Å². The van der Waals surface area contributed by atoms with Crippen molar-refractivity contribution in [1.82, 2.24) is 14.8 Å². The smallest absolute Gasteiger partial charge is 0.161 e. The molecule has 0 N–H and O–H groups in total. The highest BCUT2D eigenvalue weighted by Crippen LogP contribution is 2.27. The van der Waals surface area contributed by atoms with Gasteiger partial charge in [0.05, 0.1) is 5.69 Å². The Kier molecular flexibility index (Phi) is 2.67. The molecule has 3 nitrogen and oxygen atoms in total. The Hall–Kier alpha value is -1.68. The number of hydrogen-bond donors (Lipinski definition) is 0. The molecule has 2 aromatic heterocycles. The predicted molar refractivity (Wildman–Crippen MR) is 76.0 cm³/mol. The van der Waals surface area contributed by atoms with Crippen molar-refractivity contribution < 1.29 is 0 Å². The number of halogens is 1. The van der Waals surface area contributed by atoms with E-state index in [2.05, 4.69) is 38.1 Å². The summed E-state index contributed by atoms with van der Waals surface area (Å²) in [6, 6.07) is 10.2. The van der Waals surface area contributed by atoms with Crippen LogP contribution in [0.5, 0.6) is 0 Å². The topological polar surface area (TPSA) is 30.7 Å². The van der Waals surface area contributed by atoms with Gasteiger partial charge in [0.25, 0.3) is 0 Å². The first-order valence-corrected chi connectivity index (χ1v) is 6.53. The van der Waals surface area contributed by atoms with Gasteiger partial charge in [0.2, 0.25) is 0 Å². The molecule has 0 aliphatic heterocycles. The highest BCUT2D eigenvalue weighted by Gasteiger charge is 2.09. The van der Waals surface area contributed by atoms with Gasteiger partial charge in [-0.1, -0.05) is 28.1 Å². The molecule has 3 aromatic rings. The van der Waals surface area contributed by atoms with Crippen LogP contribution in [0.3, 0.4) is 0 Å². The number of fused-ring (bicyclic) bond motifs is 1. The Labute approximate surface area is 114 Å². The lowest BCUT2D eigenvalue weighted by Gasteiger charge is -2.08. The first kappa shape index (κ1) is 11.4. The van der Waals surface area contributed by atoms with E-state index in [0.29, 0.717) is 0 Å². The standard InChI is InChI=1S/C14H12BrN3/c1-9-8-10(2)18(17-9)14-12-4-3-5-13(15)11(12)6-7-16-14/h3-8H,1-2H3. The number of rotatable bonds is 1. The van der Waals surface area contributed by atoms with Crippen LogP contribution in [0.25, 0.3) is 16.6 Å². The Balaban J connectivity index is 2.36. The zero-order valence-corrected chi connectivity index (χ0v) is 11.8. The van der Waals surface area contributed by atoms with Crippen LogP contribution < -0.4 is 0 Å². The van der Waals surface area contributed by atoms with Crippen LogP contribution in [0.1, 0.15) is 11.4 Å². The number of aromatic nitrogens is 3. The molecule has 0 radical (unpaired) electrons. The maximum atomic E-state index is 4.50.